The molecule has 0 unspecified atom stereocenters. The fraction of sp³-hybridized carbons (Fsp3) is 0.562. The van der Waals surface area contributed by atoms with E-state index in [2.05, 4.69) is 4.90 Å². The molecule has 0 aromatic heterocycles. The van der Waals surface area contributed by atoms with Crippen molar-refractivity contribution in [1.82, 2.24) is 9.80 Å². The van der Waals surface area contributed by atoms with Crippen molar-refractivity contribution in [2.45, 2.75) is 18.9 Å². The van der Waals surface area contributed by atoms with Gasteiger partial charge in [-0.1, -0.05) is 0 Å². The fourth-order valence-corrected chi connectivity index (χ4v) is 3.28. The molecule has 0 radical (unpaired) electrons. The number of hydrogen-bond donors (Lipinski definition) is 0. The highest BCUT2D eigenvalue weighted by Gasteiger charge is 2.33. The number of nitrogens with zero attached hydrogens (tertiary/aromatic N) is 2. The van der Waals surface area contributed by atoms with Crippen LogP contribution in [0, 0.1) is 0 Å². The zero-order chi connectivity index (χ0) is 14.8. The molecule has 3 fully saturated rings. The molecule has 5 nitrogen and oxygen atoms in total. The lowest BCUT2D eigenvalue weighted by atomic mass is 10.0. The lowest BCUT2D eigenvalue weighted by Crippen LogP contribution is -2.41. The molecule has 1 amide bonds. The van der Waals surface area contributed by atoms with Gasteiger partial charge in [-0.25, -0.2) is 0 Å². The van der Waals surface area contributed by atoms with Crippen LogP contribution in [0.1, 0.15) is 23.2 Å². The predicted molar refractivity (Wildman–Crippen MR) is 80.0 cm³/mol. The molecule has 4 rings (SSSR count). The Bertz CT molecular complexity index is 524. The number of benzene rings is 1. The normalized spacial score (nSPS) is 24.6. The summed E-state index contributed by atoms with van der Waals surface area (Å²) in [5.74, 6) is 1.35. The Labute approximate surface area is 125 Å². The number of ether oxygens (including phenoxy) is 2. The summed E-state index contributed by atoms with van der Waals surface area (Å²) in [7, 11) is 3.20. The molecule has 3 saturated heterocycles. The quantitative estimate of drug-likeness (QED) is 0.848. The number of rotatable bonds is 3. The topological polar surface area (TPSA) is 42.0 Å². The highest BCUT2D eigenvalue weighted by atomic mass is 16.5. The molecule has 1 aromatic carbocycles. The first-order valence-electron chi connectivity index (χ1n) is 7.48. The molecule has 3 aliphatic heterocycles. The smallest absolute Gasteiger partial charge is 0.257 e. The van der Waals surface area contributed by atoms with Crippen LogP contribution < -0.4 is 9.47 Å². The maximum Gasteiger partial charge on any atom is 0.257 e. The van der Waals surface area contributed by atoms with Gasteiger partial charge in [-0.2, -0.15) is 0 Å². The predicted octanol–water partition coefficient (Wildman–Crippen LogP) is 1.62. The van der Waals surface area contributed by atoms with Gasteiger partial charge in [0.2, 0.25) is 0 Å². The SMILES string of the molecule is COc1ccc(C(=O)N2CCN3CCC2CC3)c(OC)c1. The van der Waals surface area contributed by atoms with E-state index in [9.17, 15) is 4.79 Å². The Hall–Kier alpha value is -1.75. The van der Waals surface area contributed by atoms with E-state index in [1.165, 1.54) is 0 Å². The minimum Gasteiger partial charge on any atom is -0.497 e. The van der Waals surface area contributed by atoms with E-state index < -0.39 is 0 Å². The van der Waals surface area contributed by atoms with Crippen LogP contribution in [0.5, 0.6) is 11.5 Å². The Morgan fingerprint density at radius 2 is 1.86 bits per heavy atom. The second kappa shape index (κ2) is 5.93. The lowest BCUT2D eigenvalue weighted by Gasteiger charge is -2.31. The molecule has 0 atom stereocenters. The highest BCUT2D eigenvalue weighted by molar-refractivity contribution is 5.97. The number of piperidine rings is 1. The van der Waals surface area contributed by atoms with Crippen molar-refractivity contribution in [3.63, 3.8) is 0 Å². The van der Waals surface area contributed by atoms with E-state index in [0.29, 0.717) is 23.1 Å². The maximum absolute atomic E-state index is 12.9. The molecule has 2 bridgehead atoms. The first kappa shape index (κ1) is 14.2. The molecular weight excluding hydrogens is 268 g/mol. The van der Waals surface area contributed by atoms with Crippen LogP contribution in [-0.2, 0) is 0 Å². The largest absolute Gasteiger partial charge is 0.497 e. The van der Waals surface area contributed by atoms with Gasteiger partial charge in [0.15, 0.2) is 0 Å². The summed E-state index contributed by atoms with van der Waals surface area (Å²) in [5, 5.41) is 0. The van der Waals surface area contributed by atoms with Crippen LogP contribution in [0.4, 0.5) is 0 Å². The van der Waals surface area contributed by atoms with Gasteiger partial charge in [0.25, 0.3) is 5.91 Å². The van der Waals surface area contributed by atoms with Crippen molar-refractivity contribution in [1.29, 1.82) is 0 Å². The van der Waals surface area contributed by atoms with Gasteiger partial charge < -0.3 is 19.3 Å². The molecule has 5 heteroatoms. The van der Waals surface area contributed by atoms with Gasteiger partial charge in [0.1, 0.15) is 11.5 Å². The van der Waals surface area contributed by atoms with Gasteiger partial charge in [0, 0.05) is 38.3 Å². The standard InChI is InChI=1S/C16H22N2O3/c1-20-13-3-4-14(15(11-13)21-2)16(19)18-10-9-17-7-5-12(18)6-8-17/h3-4,11-12H,5-10H2,1-2H3. The van der Waals surface area contributed by atoms with E-state index in [-0.39, 0.29) is 5.91 Å². The van der Waals surface area contributed by atoms with E-state index in [1.54, 1.807) is 26.4 Å². The van der Waals surface area contributed by atoms with E-state index in [4.69, 9.17) is 9.47 Å². The fourth-order valence-electron chi connectivity index (χ4n) is 3.28. The lowest BCUT2D eigenvalue weighted by molar-refractivity contribution is 0.0681. The average molecular weight is 290 g/mol. The van der Waals surface area contributed by atoms with Gasteiger partial charge in [-0.15, -0.1) is 0 Å². The monoisotopic (exact) mass is 290 g/mol. The number of amides is 1. The number of methoxy groups -OCH3 is 2. The Morgan fingerprint density at radius 3 is 2.52 bits per heavy atom. The number of carbonyl (C=O) groups is 1. The second-order valence-corrected chi connectivity index (χ2v) is 5.64. The van der Waals surface area contributed by atoms with Gasteiger partial charge >= 0.3 is 0 Å². The summed E-state index contributed by atoms with van der Waals surface area (Å²) in [4.78, 5) is 17.4. The van der Waals surface area contributed by atoms with Crippen molar-refractivity contribution in [3.05, 3.63) is 23.8 Å². The van der Waals surface area contributed by atoms with Gasteiger partial charge in [0.05, 0.1) is 19.8 Å². The van der Waals surface area contributed by atoms with Gasteiger partial charge in [-0.3, -0.25) is 4.79 Å². The summed E-state index contributed by atoms with van der Waals surface area (Å²) in [6.07, 6.45) is 2.15. The van der Waals surface area contributed by atoms with Crippen LogP contribution >= 0.6 is 0 Å². The van der Waals surface area contributed by atoms with Crippen molar-refractivity contribution in [2.24, 2.45) is 0 Å². The first-order chi connectivity index (χ1) is 10.2. The maximum atomic E-state index is 12.9. The zero-order valence-electron chi connectivity index (χ0n) is 12.7. The first-order valence-corrected chi connectivity index (χ1v) is 7.48. The number of fused-ring (bicyclic) bond motifs is 4. The van der Waals surface area contributed by atoms with Crippen LogP contribution in [0.2, 0.25) is 0 Å². The summed E-state index contributed by atoms with van der Waals surface area (Å²) < 4.78 is 10.6. The van der Waals surface area contributed by atoms with E-state index in [1.807, 2.05) is 11.0 Å². The van der Waals surface area contributed by atoms with Crippen molar-refractivity contribution in [2.75, 3.05) is 40.4 Å². The Kier molecular flexibility index (Phi) is 4.01. The minimum absolute atomic E-state index is 0.0725. The molecule has 0 spiro atoms. The van der Waals surface area contributed by atoms with Crippen molar-refractivity contribution < 1.29 is 14.3 Å². The van der Waals surface area contributed by atoms with E-state index in [0.717, 1.165) is 39.0 Å². The van der Waals surface area contributed by atoms with Gasteiger partial charge in [-0.05, 0) is 25.0 Å². The molecule has 21 heavy (non-hydrogen) atoms. The third-order valence-electron chi connectivity index (χ3n) is 4.55. The summed E-state index contributed by atoms with van der Waals surface area (Å²) in [6, 6.07) is 5.75. The molecule has 0 saturated carbocycles. The third-order valence-corrected chi connectivity index (χ3v) is 4.55. The molecule has 1 aromatic rings. The average Bonchev–Trinajstić information content (AvgIpc) is 2.87. The summed E-state index contributed by atoms with van der Waals surface area (Å²) in [5.41, 5.74) is 0.624. The second-order valence-electron chi connectivity index (χ2n) is 5.64. The summed E-state index contributed by atoms with van der Waals surface area (Å²) >= 11 is 0. The molecule has 0 N–H and O–H groups in total. The summed E-state index contributed by atoms with van der Waals surface area (Å²) in [6.45, 7) is 3.99. The van der Waals surface area contributed by atoms with Crippen LogP contribution in [0.25, 0.3) is 0 Å². The minimum atomic E-state index is 0.0725. The van der Waals surface area contributed by atoms with Crippen LogP contribution in [0.15, 0.2) is 18.2 Å². The molecule has 0 aliphatic carbocycles. The Balaban J connectivity index is 1.87. The number of carbonyl (C=O) groups excluding carboxylic acids is 1. The Morgan fingerprint density at radius 1 is 1.10 bits per heavy atom. The highest BCUT2D eigenvalue weighted by Crippen LogP contribution is 2.28. The van der Waals surface area contributed by atoms with Crippen molar-refractivity contribution in [3.8, 4) is 11.5 Å². The molecule has 3 aliphatic rings. The van der Waals surface area contributed by atoms with Crippen LogP contribution in [-0.4, -0.2) is 62.1 Å². The third kappa shape index (κ3) is 2.70. The number of hydrogen-bond acceptors (Lipinski definition) is 4. The van der Waals surface area contributed by atoms with Crippen molar-refractivity contribution >= 4 is 5.91 Å². The molecule has 114 valence electrons. The zero-order valence-corrected chi connectivity index (χ0v) is 12.7. The van der Waals surface area contributed by atoms with E-state index >= 15 is 0 Å². The molecular formula is C16H22N2O3. The van der Waals surface area contributed by atoms with Crippen LogP contribution in [0.3, 0.4) is 0 Å². The molecule has 3 heterocycles.